The van der Waals surface area contributed by atoms with Crippen molar-refractivity contribution in [3.63, 3.8) is 0 Å². The van der Waals surface area contributed by atoms with E-state index < -0.39 is 21.8 Å². The highest BCUT2D eigenvalue weighted by molar-refractivity contribution is 7.89. The van der Waals surface area contributed by atoms with E-state index in [0.29, 0.717) is 24.6 Å². The van der Waals surface area contributed by atoms with Crippen molar-refractivity contribution >= 4 is 21.8 Å². The topological polar surface area (TPSA) is 114 Å². The molecule has 0 aliphatic carbocycles. The van der Waals surface area contributed by atoms with E-state index in [2.05, 4.69) is 10.9 Å². The summed E-state index contributed by atoms with van der Waals surface area (Å²) in [6.45, 7) is 0.939. The van der Waals surface area contributed by atoms with Crippen molar-refractivity contribution < 1.29 is 27.5 Å². The van der Waals surface area contributed by atoms with Crippen LogP contribution in [0.4, 0.5) is 0 Å². The van der Waals surface area contributed by atoms with Gasteiger partial charge in [0.25, 0.3) is 11.8 Å². The van der Waals surface area contributed by atoms with Crippen LogP contribution in [0.1, 0.15) is 33.6 Å². The summed E-state index contributed by atoms with van der Waals surface area (Å²) in [5.74, 6) is -0.503. The Morgan fingerprint density at radius 3 is 2.30 bits per heavy atom. The molecule has 0 unspecified atom stereocenters. The third kappa shape index (κ3) is 4.55. The molecule has 2 N–H and O–H groups in total. The largest absolute Gasteiger partial charge is 0.497 e. The van der Waals surface area contributed by atoms with Crippen LogP contribution < -0.4 is 20.3 Å². The summed E-state index contributed by atoms with van der Waals surface area (Å²) in [5.41, 5.74) is 4.87. The minimum atomic E-state index is -3.65. The zero-order chi connectivity index (χ0) is 21.7. The maximum absolute atomic E-state index is 12.7. The molecule has 0 radical (unpaired) electrons. The maximum Gasteiger partial charge on any atom is 0.273 e. The van der Waals surface area contributed by atoms with Crippen molar-refractivity contribution in [2.75, 3.05) is 27.3 Å². The molecule has 0 saturated carbocycles. The molecular formula is C20H23N3O6S. The van der Waals surface area contributed by atoms with Crippen LogP contribution >= 0.6 is 0 Å². The smallest absolute Gasteiger partial charge is 0.273 e. The third-order valence-electron chi connectivity index (χ3n) is 4.74. The Labute approximate surface area is 175 Å². The van der Waals surface area contributed by atoms with E-state index in [4.69, 9.17) is 9.47 Å². The Balaban J connectivity index is 1.72. The van der Waals surface area contributed by atoms with E-state index in [1.165, 1.54) is 48.9 Å². The van der Waals surface area contributed by atoms with Crippen molar-refractivity contribution in [3.05, 3.63) is 53.6 Å². The number of methoxy groups -OCH3 is 2. The Morgan fingerprint density at radius 2 is 1.63 bits per heavy atom. The number of hydrazine groups is 1. The predicted octanol–water partition coefficient (Wildman–Crippen LogP) is 1.56. The molecule has 30 heavy (non-hydrogen) atoms. The van der Waals surface area contributed by atoms with Gasteiger partial charge in [-0.3, -0.25) is 20.4 Å². The van der Waals surface area contributed by atoms with E-state index in [9.17, 15) is 18.0 Å². The van der Waals surface area contributed by atoms with Crippen LogP contribution in [-0.4, -0.2) is 51.8 Å². The van der Waals surface area contributed by atoms with Gasteiger partial charge in [0.1, 0.15) is 11.5 Å². The standard InChI is InChI=1S/C20H23N3O6S/c1-28-15-8-9-18(29-2)17(13-15)20(25)22-21-19(24)14-6-5-7-16(12-14)30(26,27)23-10-3-4-11-23/h5-9,12-13H,3-4,10-11H2,1-2H3,(H,21,24)(H,22,25). The van der Waals surface area contributed by atoms with E-state index >= 15 is 0 Å². The monoisotopic (exact) mass is 433 g/mol. The second-order valence-corrected chi connectivity index (χ2v) is 8.55. The van der Waals surface area contributed by atoms with Crippen LogP contribution in [-0.2, 0) is 10.0 Å². The maximum atomic E-state index is 12.7. The highest BCUT2D eigenvalue weighted by Gasteiger charge is 2.27. The molecule has 2 amide bonds. The van der Waals surface area contributed by atoms with Crippen molar-refractivity contribution in [3.8, 4) is 11.5 Å². The molecule has 1 saturated heterocycles. The Morgan fingerprint density at radius 1 is 0.933 bits per heavy atom. The lowest BCUT2D eigenvalue weighted by atomic mass is 10.2. The fraction of sp³-hybridized carbons (Fsp3) is 0.300. The van der Waals surface area contributed by atoms with Crippen molar-refractivity contribution in [1.29, 1.82) is 0 Å². The normalized spacial score (nSPS) is 14.2. The lowest BCUT2D eigenvalue weighted by molar-refractivity contribution is 0.0844. The molecule has 3 rings (SSSR count). The number of ether oxygens (including phenoxy) is 2. The summed E-state index contributed by atoms with van der Waals surface area (Å²) in [5, 5.41) is 0. The molecule has 0 spiro atoms. The Kier molecular flexibility index (Phi) is 6.58. The summed E-state index contributed by atoms with van der Waals surface area (Å²) < 4.78 is 37.0. The molecule has 1 heterocycles. The van der Waals surface area contributed by atoms with Crippen LogP contribution in [0, 0.1) is 0 Å². The second-order valence-electron chi connectivity index (χ2n) is 6.61. The van der Waals surface area contributed by atoms with Gasteiger partial charge < -0.3 is 9.47 Å². The molecule has 1 aliphatic rings. The Bertz CT molecular complexity index is 1050. The number of carbonyl (C=O) groups is 2. The number of amides is 2. The van der Waals surface area contributed by atoms with Crippen LogP contribution in [0.2, 0.25) is 0 Å². The van der Waals surface area contributed by atoms with Gasteiger partial charge in [-0.15, -0.1) is 0 Å². The van der Waals surface area contributed by atoms with Gasteiger partial charge in [-0.1, -0.05) is 6.07 Å². The summed E-state index contributed by atoms with van der Waals surface area (Å²) in [4.78, 5) is 25.0. The molecule has 2 aromatic carbocycles. The summed E-state index contributed by atoms with van der Waals surface area (Å²) >= 11 is 0. The van der Waals surface area contributed by atoms with Crippen LogP contribution in [0.15, 0.2) is 47.4 Å². The molecule has 160 valence electrons. The van der Waals surface area contributed by atoms with Gasteiger partial charge in [0.15, 0.2) is 0 Å². The van der Waals surface area contributed by atoms with Crippen LogP contribution in [0.5, 0.6) is 11.5 Å². The first-order chi connectivity index (χ1) is 14.4. The number of nitrogens with one attached hydrogen (secondary N) is 2. The second kappa shape index (κ2) is 9.14. The predicted molar refractivity (Wildman–Crippen MR) is 109 cm³/mol. The number of carbonyl (C=O) groups excluding carboxylic acids is 2. The lowest BCUT2D eigenvalue weighted by Gasteiger charge is -2.16. The number of hydrogen-bond donors (Lipinski definition) is 2. The minimum Gasteiger partial charge on any atom is -0.497 e. The number of rotatable bonds is 6. The van der Waals surface area contributed by atoms with E-state index in [0.717, 1.165) is 12.8 Å². The molecule has 0 bridgehead atoms. The number of sulfonamides is 1. The molecular weight excluding hydrogens is 410 g/mol. The summed E-state index contributed by atoms with van der Waals surface area (Å²) in [6, 6.07) is 10.4. The number of hydrogen-bond acceptors (Lipinski definition) is 6. The molecule has 1 fully saturated rings. The average molecular weight is 433 g/mol. The van der Waals surface area contributed by atoms with E-state index in [-0.39, 0.29) is 16.0 Å². The van der Waals surface area contributed by atoms with E-state index in [1.54, 1.807) is 12.1 Å². The number of benzene rings is 2. The molecule has 0 atom stereocenters. The average Bonchev–Trinajstić information content (AvgIpc) is 3.32. The molecule has 9 nitrogen and oxygen atoms in total. The highest BCUT2D eigenvalue weighted by atomic mass is 32.2. The summed E-state index contributed by atoms with van der Waals surface area (Å²) in [6.07, 6.45) is 1.64. The quantitative estimate of drug-likeness (QED) is 0.669. The minimum absolute atomic E-state index is 0.0397. The van der Waals surface area contributed by atoms with Gasteiger partial charge >= 0.3 is 0 Å². The van der Waals surface area contributed by atoms with Gasteiger partial charge in [0.05, 0.1) is 24.7 Å². The van der Waals surface area contributed by atoms with Crippen LogP contribution in [0.3, 0.4) is 0 Å². The summed E-state index contributed by atoms with van der Waals surface area (Å²) in [7, 11) is -0.763. The molecule has 1 aliphatic heterocycles. The number of nitrogens with zero attached hydrogens (tertiary/aromatic N) is 1. The van der Waals surface area contributed by atoms with Gasteiger partial charge in [-0.05, 0) is 49.2 Å². The third-order valence-corrected chi connectivity index (χ3v) is 6.63. The van der Waals surface area contributed by atoms with Crippen molar-refractivity contribution in [2.45, 2.75) is 17.7 Å². The van der Waals surface area contributed by atoms with Gasteiger partial charge in [0, 0.05) is 18.7 Å². The fourth-order valence-electron chi connectivity index (χ4n) is 3.12. The first-order valence-corrected chi connectivity index (χ1v) is 10.7. The van der Waals surface area contributed by atoms with E-state index in [1.807, 2.05) is 0 Å². The fourth-order valence-corrected chi connectivity index (χ4v) is 4.68. The molecule has 10 heteroatoms. The van der Waals surface area contributed by atoms with Gasteiger partial charge in [-0.25, -0.2) is 8.42 Å². The molecule has 0 aromatic heterocycles. The van der Waals surface area contributed by atoms with Crippen LogP contribution in [0.25, 0.3) is 0 Å². The van der Waals surface area contributed by atoms with Gasteiger partial charge in [0.2, 0.25) is 10.0 Å². The zero-order valence-electron chi connectivity index (χ0n) is 16.7. The van der Waals surface area contributed by atoms with Gasteiger partial charge in [-0.2, -0.15) is 4.31 Å². The van der Waals surface area contributed by atoms with Crippen molar-refractivity contribution in [2.24, 2.45) is 0 Å². The molecule has 2 aromatic rings. The Hall–Kier alpha value is -3.11. The lowest BCUT2D eigenvalue weighted by Crippen LogP contribution is -2.41. The first-order valence-electron chi connectivity index (χ1n) is 9.29. The zero-order valence-corrected chi connectivity index (χ0v) is 17.5. The highest BCUT2D eigenvalue weighted by Crippen LogP contribution is 2.24. The first kappa shape index (κ1) is 21.6. The van der Waals surface area contributed by atoms with Crippen molar-refractivity contribution in [1.82, 2.24) is 15.2 Å². The SMILES string of the molecule is COc1ccc(OC)c(C(=O)NNC(=O)c2cccc(S(=O)(=O)N3CCCC3)c2)c1.